The molecular formula is C16H15F2NO. The van der Waals surface area contributed by atoms with Gasteiger partial charge in [-0.25, -0.2) is 8.78 Å². The highest BCUT2D eigenvalue weighted by Crippen LogP contribution is 2.28. The van der Waals surface area contributed by atoms with Gasteiger partial charge in [-0.3, -0.25) is 0 Å². The van der Waals surface area contributed by atoms with E-state index in [0.29, 0.717) is 18.6 Å². The van der Waals surface area contributed by atoms with Crippen molar-refractivity contribution in [3.8, 4) is 5.75 Å². The number of fused-ring (bicyclic) bond motifs is 1. The van der Waals surface area contributed by atoms with Crippen molar-refractivity contribution in [2.24, 2.45) is 5.73 Å². The number of nitrogens with two attached hydrogens (primary N) is 1. The molecule has 104 valence electrons. The smallest absolute Gasteiger partial charge is 0.126 e. The minimum atomic E-state index is -0.574. The van der Waals surface area contributed by atoms with Gasteiger partial charge in [-0.15, -0.1) is 0 Å². The van der Waals surface area contributed by atoms with Crippen molar-refractivity contribution in [3.63, 3.8) is 0 Å². The summed E-state index contributed by atoms with van der Waals surface area (Å²) in [6.45, 7) is 0.698. The lowest BCUT2D eigenvalue weighted by Gasteiger charge is -2.13. The van der Waals surface area contributed by atoms with Crippen LogP contribution in [0, 0.1) is 11.6 Å². The van der Waals surface area contributed by atoms with E-state index >= 15 is 0 Å². The van der Waals surface area contributed by atoms with Gasteiger partial charge in [0.2, 0.25) is 0 Å². The van der Waals surface area contributed by atoms with Crippen LogP contribution in [0.3, 0.4) is 0 Å². The minimum absolute atomic E-state index is 0.290. The summed E-state index contributed by atoms with van der Waals surface area (Å²) < 4.78 is 31.8. The molecule has 3 rings (SSSR count). The van der Waals surface area contributed by atoms with Gasteiger partial charge >= 0.3 is 0 Å². The van der Waals surface area contributed by atoms with Crippen LogP contribution in [0.15, 0.2) is 36.4 Å². The van der Waals surface area contributed by atoms with Crippen LogP contribution in [0.4, 0.5) is 8.78 Å². The van der Waals surface area contributed by atoms with Crippen LogP contribution in [-0.4, -0.2) is 6.61 Å². The zero-order valence-corrected chi connectivity index (χ0v) is 10.9. The van der Waals surface area contributed by atoms with E-state index in [1.807, 2.05) is 18.2 Å². The zero-order chi connectivity index (χ0) is 14.1. The molecule has 2 N–H and O–H groups in total. The summed E-state index contributed by atoms with van der Waals surface area (Å²) in [5.41, 5.74) is 8.80. The Hall–Kier alpha value is -1.94. The molecule has 0 aliphatic carbocycles. The van der Waals surface area contributed by atoms with E-state index in [1.54, 1.807) is 0 Å². The van der Waals surface area contributed by atoms with Crippen molar-refractivity contribution in [1.82, 2.24) is 0 Å². The lowest BCUT2D eigenvalue weighted by atomic mass is 9.97. The highest BCUT2D eigenvalue weighted by molar-refractivity contribution is 5.41. The van der Waals surface area contributed by atoms with Gasteiger partial charge in [0.05, 0.1) is 6.61 Å². The first-order valence-corrected chi connectivity index (χ1v) is 6.58. The molecular weight excluding hydrogens is 260 g/mol. The second kappa shape index (κ2) is 5.21. The van der Waals surface area contributed by atoms with Crippen molar-refractivity contribution in [3.05, 3.63) is 64.7 Å². The average molecular weight is 275 g/mol. The van der Waals surface area contributed by atoms with Crippen molar-refractivity contribution in [2.75, 3.05) is 6.61 Å². The number of hydrogen-bond acceptors (Lipinski definition) is 2. The Balaban J connectivity index is 1.80. The molecule has 0 saturated carbocycles. The molecule has 2 nitrogen and oxygen atoms in total. The maximum Gasteiger partial charge on any atom is 0.126 e. The van der Waals surface area contributed by atoms with Gasteiger partial charge in [0.1, 0.15) is 17.4 Å². The predicted molar refractivity (Wildman–Crippen MR) is 72.6 cm³/mol. The summed E-state index contributed by atoms with van der Waals surface area (Å²) in [7, 11) is 0. The Morgan fingerprint density at radius 2 is 1.85 bits per heavy atom. The molecule has 1 atom stereocenters. The van der Waals surface area contributed by atoms with Crippen molar-refractivity contribution >= 4 is 0 Å². The Kier molecular flexibility index (Phi) is 3.40. The molecule has 20 heavy (non-hydrogen) atoms. The number of hydrogen-bond donors (Lipinski definition) is 1. The normalized spacial score (nSPS) is 14.8. The molecule has 4 heteroatoms. The first kappa shape index (κ1) is 13.1. The Labute approximate surface area is 116 Å². The molecule has 0 radical (unpaired) electrons. The topological polar surface area (TPSA) is 35.2 Å². The molecule has 0 amide bonds. The molecule has 0 fully saturated rings. The third kappa shape index (κ3) is 2.65. The monoisotopic (exact) mass is 275 g/mol. The summed E-state index contributed by atoms with van der Waals surface area (Å²) >= 11 is 0. The SMILES string of the molecule is NC(Cc1cc(F)cc(F)c1)c1ccc2c(c1)CCO2. The zero-order valence-electron chi connectivity index (χ0n) is 10.9. The van der Waals surface area contributed by atoms with E-state index < -0.39 is 11.6 Å². The fourth-order valence-corrected chi connectivity index (χ4v) is 2.54. The van der Waals surface area contributed by atoms with E-state index in [1.165, 1.54) is 12.1 Å². The highest BCUT2D eigenvalue weighted by Gasteiger charge is 2.15. The summed E-state index contributed by atoms with van der Waals surface area (Å²) in [6.07, 6.45) is 1.28. The summed E-state index contributed by atoms with van der Waals surface area (Å²) in [5.74, 6) is -0.248. The van der Waals surface area contributed by atoms with Gasteiger partial charge in [0.25, 0.3) is 0 Å². The molecule has 1 aliphatic rings. The van der Waals surface area contributed by atoms with Crippen molar-refractivity contribution in [2.45, 2.75) is 18.9 Å². The maximum absolute atomic E-state index is 13.2. The molecule has 1 unspecified atom stereocenters. The van der Waals surface area contributed by atoms with Crippen LogP contribution in [0.2, 0.25) is 0 Å². The molecule has 2 aromatic rings. The number of ether oxygens (including phenoxy) is 1. The molecule has 0 aromatic heterocycles. The molecule has 0 saturated heterocycles. The third-order valence-electron chi connectivity index (χ3n) is 3.52. The second-order valence-electron chi connectivity index (χ2n) is 5.05. The van der Waals surface area contributed by atoms with E-state index in [9.17, 15) is 8.78 Å². The van der Waals surface area contributed by atoms with E-state index in [2.05, 4.69) is 0 Å². The first-order valence-electron chi connectivity index (χ1n) is 6.58. The quantitative estimate of drug-likeness (QED) is 0.934. The van der Waals surface area contributed by atoms with E-state index in [-0.39, 0.29) is 6.04 Å². The van der Waals surface area contributed by atoms with Crippen LogP contribution in [0.5, 0.6) is 5.75 Å². The maximum atomic E-state index is 13.2. The lowest BCUT2D eigenvalue weighted by molar-refractivity contribution is 0.357. The summed E-state index contributed by atoms with van der Waals surface area (Å²) in [5, 5.41) is 0. The fourth-order valence-electron chi connectivity index (χ4n) is 2.54. The van der Waals surface area contributed by atoms with Crippen LogP contribution >= 0.6 is 0 Å². The van der Waals surface area contributed by atoms with Gasteiger partial charge in [-0.05, 0) is 41.3 Å². The molecule has 2 aromatic carbocycles. The van der Waals surface area contributed by atoms with Crippen molar-refractivity contribution < 1.29 is 13.5 Å². The fraction of sp³-hybridized carbons (Fsp3) is 0.250. The van der Waals surface area contributed by atoms with Crippen LogP contribution in [0.1, 0.15) is 22.7 Å². The molecule has 0 spiro atoms. The summed E-state index contributed by atoms with van der Waals surface area (Å²) in [6, 6.07) is 9.04. The van der Waals surface area contributed by atoms with Gasteiger partial charge in [0.15, 0.2) is 0 Å². The Morgan fingerprint density at radius 3 is 2.60 bits per heavy atom. The average Bonchev–Trinajstić information content (AvgIpc) is 2.84. The predicted octanol–water partition coefficient (Wildman–Crippen LogP) is 3.14. The molecule has 1 aliphatic heterocycles. The van der Waals surface area contributed by atoms with Gasteiger partial charge in [-0.2, -0.15) is 0 Å². The molecule has 1 heterocycles. The summed E-state index contributed by atoms with van der Waals surface area (Å²) in [4.78, 5) is 0. The minimum Gasteiger partial charge on any atom is -0.493 e. The van der Waals surface area contributed by atoms with Crippen molar-refractivity contribution in [1.29, 1.82) is 0 Å². The number of benzene rings is 2. The molecule has 0 bridgehead atoms. The largest absolute Gasteiger partial charge is 0.493 e. The second-order valence-corrected chi connectivity index (χ2v) is 5.05. The Morgan fingerprint density at radius 1 is 1.10 bits per heavy atom. The highest BCUT2D eigenvalue weighted by atomic mass is 19.1. The van der Waals surface area contributed by atoms with Crippen LogP contribution < -0.4 is 10.5 Å². The van der Waals surface area contributed by atoms with Gasteiger partial charge in [-0.1, -0.05) is 12.1 Å². The Bertz CT molecular complexity index is 622. The first-order chi connectivity index (χ1) is 9.61. The van der Waals surface area contributed by atoms with Crippen LogP contribution in [-0.2, 0) is 12.8 Å². The standard InChI is InChI=1S/C16H15F2NO/c17-13-5-10(6-14(18)9-13)7-15(19)11-1-2-16-12(8-11)3-4-20-16/h1-2,5-6,8-9,15H,3-4,7,19H2. The number of halogens is 2. The van der Waals surface area contributed by atoms with E-state index in [4.69, 9.17) is 10.5 Å². The third-order valence-corrected chi connectivity index (χ3v) is 3.52. The van der Waals surface area contributed by atoms with Crippen LogP contribution in [0.25, 0.3) is 0 Å². The van der Waals surface area contributed by atoms with E-state index in [0.717, 1.165) is 29.4 Å². The number of rotatable bonds is 3. The van der Waals surface area contributed by atoms with Gasteiger partial charge < -0.3 is 10.5 Å². The lowest BCUT2D eigenvalue weighted by Crippen LogP contribution is -2.13. The van der Waals surface area contributed by atoms with Gasteiger partial charge in [0, 0.05) is 18.5 Å².